The third-order valence-corrected chi connectivity index (χ3v) is 2.74. The van der Waals surface area contributed by atoms with Crippen LogP contribution in [0.15, 0.2) is 30.5 Å². The van der Waals surface area contributed by atoms with Gasteiger partial charge in [-0.25, -0.2) is 9.48 Å². The van der Waals surface area contributed by atoms with Crippen LogP contribution in [-0.2, 0) is 4.74 Å². The largest absolute Gasteiger partial charge is 0.456 e. The van der Waals surface area contributed by atoms with Gasteiger partial charge in [0.15, 0.2) is 0 Å². The summed E-state index contributed by atoms with van der Waals surface area (Å²) < 4.78 is 7.04. The molecule has 0 unspecified atom stereocenters. The number of nitrogens with zero attached hydrogens (tertiary/aromatic N) is 2. The van der Waals surface area contributed by atoms with E-state index in [0.717, 1.165) is 11.4 Å². The van der Waals surface area contributed by atoms with E-state index >= 15 is 0 Å². The summed E-state index contributed by atoms with van der Waals surface area (Å²) in [5.41, 5.74) is 7.89. The summed E-state index contributed by atoms with van der Waals surface area (Å²) in [7, 11) is 0. The first-order valence-corrected chi connectivity index (χ1v) is 6.42. The SMILES string of the molecule is Cc1c(C(=O)OC(C)(C)C)cnn1-c1cccc(N)c1. The van der Waals surface area contributed by atoms with Crippen molar-refractivity contribution in [2.45, 2.75) is 33.3 Å². The maximum Gasteiger partial charge on any atom is 0.342 e. The molecule has 2 aromatic rings. The highest BCUT2D eigenvalue weighted by atomic mass is 16.6. The lowest BCUT2D eigenvalue weighted by molar-refractivity contribution is 0.00687. The Morgan fingerprint density at radius 3 is 2.65 bits per heavy atom. The molecule has 2 N–H and O–H groups in total. The Bertz CT molecular complexity index is 639. The number of carbonyl (C=O) groups is 1. The van der Waals surface area contributed by atoms with Crippen LogP contribution in [0.3, 0.4) is 0 Å². The normalized spacial score (nSPS) is 11.4. The molecule has 5 heteroatoms. The van der Waals surface area contributed by atoms with Crippen molar-refractivity contribution in [2.24, 2.45) is 0 Å². The number of esters is 1. The van der Waals surface area contributed by atoms with Crippen LogP contribution in [0.4, 0.5) is 5.69 Å². The fourth-order valence-electron chi connectivity index (χ4n) is 1.86. The van der Waals surface area contributed by atoms with Crippen LogP contribution in [0, 0.1) is 6.92 Å². The van der Waals surface area contributed by atoms with Crippen LogP contribution in [0.1, 0.15) is 36.8 Å². The highest BCUT2D eigenvalue weighted by molar-refractivity contribution is 5.90. The number of hydrogen-bond donors (Lipinski definition) is 1. The minimum Gasteiger partial charge on any atom is -0.456 e. The van der Waals surface area contributed by atoms with Crippen molar-refractivity contribution in [3.63, 3.8) is 0 Å². The van der Waals surface area contributed by atoms with Gasteiger partial charge in [0.05, 0.1) is 17.6 Å². The molecule has 0 bridgehead atoms. The Morgan fingerprint density at radius 2 is 2.05 bits per heavy atom. The molecule has 0 saturated heterocycles. The molecule has 5 nitrogen and oxygen atoms in total. The molecule has 20 heavy (non-hydrogen) atoms. The van der Waals surface area contributed by atoms with Gasteiger partial charge >= 0.3 is 5.97 Å². The van der Waals surface area contributed by atoms with E-state index in [1.54, 1.807) is 16.8 Å². The number of nitrogen functional groups attached to an aromatic ring is 1. The number of hydrogen-bond acceptors (Lipinski definition) is 4. The topological polar surface area (TPSA) is 70.1 Å². The third-order valence-electron chi connectivity index (χ3n) is 2.74. The lowest BCUT2D eigenvalue weighted by Crippen LogP contribution is -2.24. The van der Waals surface area contributed by atoms with Gasteiger partial charge in [-0.3, -0.25) is 0 Å². The number of carbonyl (C=O) groups excluding carboxylic acids is 1. The van der Waals surface area contributed by atoms with Crippen molar-refractivity contribution in [3.8, 4) is 5.69 Å². The van der Waals surface area contributed by atoms with Gasteiger partial charge in [0.25, 0.3) is 0 Å². The first-order valence-electron chi connectivity index (χ1n) is 6.42. The number of anilines is 1. The second-order valence-corrected chi connectivity index (χ2v) is 5.65. The van der Waals surface area contributed by atoms with Crippen LogP contribution >= 0.6 is 0 Å². The Morgan fingerprint density at radius 1 is 1.35 bits per heavy atom. The second kappa shape index (κ2) is 5.00. The standard InChI is InChI=1S/C15H19N3O2/c1-10-13(14(19)20-15(2,3)4)9-17-18(10)12-7-5-6-11(16)8-12/h5-9H,16H2,1-4H3. The molecule has 1 heterocycles. The van der Waals surface area contributed by atoms with E-state index in [0.29, 0.717) is 11.3 Å². The van der Waals surface area contributed by atoms with E-state index in [1.807, 2.05) is 39.8 Å². The average molecular weight is 273 g/mol. The summed E-state index contributed by atoms with van der Waals surface area (Å²) in [6, 6.07) is 7.34. The Kier molecular flexibility index (Phi) is 3.53. The highest BCUT2D eigenvalue weighted by Gasteiger charge is 2.22. The fourth-order valence-corrected chi connectivity index (χ4v) is 1.86. The zero-order valence-electron chi connectivity index (χ0n) is 12.2. The third kappa shape index (κ3) is 2.99. The summed E-state index contributed by atoms with van der Waals surface area (Å²) in [6.45, 7) is 7.34. The zero-order valence-corrected chi connectivity index (χ0v) is 12.2. The molecule has 1 aromatic carbocycles. The minimum atomic E-state index is -0.525. The summed E-state index contributed by atoms with van der Waals surface area (Å²) in [6.07, 6.45) is 1.52. The van der Waals surface area contributed by atoms with Gasteiger partial charge in [-0.2, -0.15) is 5.10 Å². The van der Waals surface area contributed by atoms with E-state index < -0.39 is 5.60 Å². The predicted octanol–water partition coefficient (Wildman–Crippen LogP) is 2.72. The van der Waals surface area contributed by atoms with Crippen molar-refractivity contribution >= 4 is 11.7 Å². The maximum atomic E-state index is 12.1. The van der Waals surface area contributed by atoms with Gasteiger partial charge in [-0.1, -0.05) is 6.07 Å². The molecule has 0 radical (unpaired) electrons. The fraction of sp³-hybridized carbons (Fsp3) is 0.333. The van der Waals surface area contributed by atoms with Crippen molar-refractivity contribution in [2.75, 3.05) is 5.73 Å². The van der Waals surface area contributed by atoms with Crippen LogP contribution < -0.4 is 5.73 Å². The van der Waals surface area contributed by atoms with E-state index in [9.17, 15) is 4.79 Å². The van der Waals surface area contributed by atoms with Crippen LogP contribution in [0.25, 0.3) is 5.69 Å². The van der Waals surface area contributed by atoms with Gasteiger partial charge in [-0.05, 0) is 45.9 Å². The molecular formula is C15H19N3O2. The summed E-state index contributed by atoms with van der Waals surface area (Å²) in [5, 5.41) is 4.24. The molecule has 106 valence electrons. The maximum absolute atomic E-state index is 12.1. The van der Waals surface area contributed by atoms with Crippen molar-refractivity contribution in [3.05, 3.63) is 41.7 Å². The molecule has 1 aromatic heterocycles. The molecule has 0 saturated carbocycles. The van der Waals surface area contributed by atoms with E-state index in [1.165, 1.54) is 6.20 Å². The minimum absolute atomic E-state index is 0.370. The highest BCUT2D eigenvalue weighted by Crippen LogP contribution is 2.19. The monoisotopic (exact) mass is 273 g/mol. The van der Waals surface area contributed by atoms with Gasteiger partial charge < -0.3 is 10.5 Å². The lowest BCUT2D eigenvalue weighted by Gasteiger charge is -2.19. The van der Waals surface area contributed by atoms with Gasteiger partial charge in [0.1, 0.15) is 11.2 Å². The average Bonchev–Trinajstić information content (AvgIpc) is 2.69. The smallest absolute Gasteiger partial charge is 0.342 e. The molecule has 2 rings (SSSR count). The molecule has 0 atom stereocenters. The molecule has 0 aliphatic carbocycles. The molecular weight excluding hydrogens is 254 g/mol. The lowest BCUT2D eigenvalue weighted by atomic mass is 10.2. The first-order chi connectivity index (χ1) is 9.28. The number of rotatable bonds is 2. The van der Waals surface area contributed by atoms with Crippen molar-refractivity contribution < 1.29 is 9.53 Å². The Hall–Kier alpha value is -2.30. The first kappa shape index (κ1) is 14.1. The van der Waals surface area contributed by atoms with Crippen molar-refractivity contribution in [1.82, 2.24) is 9.78 Å². The summed E-state index contributed by atoms with van der Waals surface area (Å²) >= 11 is 0. The second-order valence-electron chi connectivity index (χ2n) is 5.65. The van der Waals surface area contributed by atoms with E-state index in [-0.39, 0.29) is 5.97 Å². The number of benzene rings is 1. The molecule has 0 aliphatic heterocycles. The molecule has 0 amide bonds. The molecule has 0 aliphatic rings. The van der Waals surface area contributed by atoms with Gasteiger partial charge in [-0.15, -0.1) is 0 Å². The predicted molar refractivity (Wildman–Crippen MR) is 77.9 cm³/mol. The van der Waals surface area contributed by atoms with E-state index in [4.69, 9.17) is 10.5 Å². The summed E-state index contributed by atoms with van der Waals surface area (Å²) in [4.78, 5) is 12.1. The van der Waals surface area contributed by atoms with Gasteiger partial charge in [0, 0.05) is 5.69 Å². The van der Waals surface area contributed by atoms with Crippen LogP contribution in [0.5, 0.6) is 0 Å². The number of aromatic nitrogens is 2. The van der Waals surface area contributed by atoms with Gasteiger partial charge in [0.2, 0.25) is 0 Å². The van der Waals surface area contributed by atoms with Crippen LogP contribution in [0.2, 0.25) is 0 Å². The molecule has 0 spiro atoms. The van der Waals surface area contributed by atoms with E-state index in [2.05, 4.69) is 5.10 Å². The number of ether oxygens (including phenoxy) is 1. The quantitative estimate of drug-likeness (QED) is 0.674. The Labute approximate surface area is 118 Å². The Balaban J connectivity index is 2.34. The zero-order chi connectivity index (χ0) is 14.9. The number of nitrogens with two attached hydrogens (primary N) is 1. The van der Waals surface area contributed by atoms with Crippen molar-refractivity contribution in [1.29, 1.82) is 0 Å². The molecule has 0 fully saturated rings. The van der Waals surface area contributed by atoms with Crippen LogP contribution in [-0.4, -0.2) is 21.4 Å². The summed E-state index contributed by atoms with van der Waals surface area (Å²) in [5.74, 6) is -0.370.